The highest BCUT2D eigenvalue weighted by molar-refractivity contribution is 8.02. The van der Waals surface area contributed by atoms with Crippen molar-refractivity contribution in [1.82, 2.24) is 9.55 Å². The Kier molecular flexibility index (Phi) is 3.11. The number of methoxy groups -OCH3 is 1. The molecule has 0 radical (unpaired) electrons. The van der Waals surface area contributed by atoms with E-state index in [9.17, 15) is 0 Å². The molecule has 0 N–H and O–H groups in total. The molecule has 0 saturated carbocycles. The summed E-state index contributed by atoms with van der Waals surface area (Å²) in [6, 6.07) is 8.24. The average molecular weight is 258 g/mol. The molecule has 3 nitrogen and oxygen atoms in total. The van der Waals surface area contributed by atoms with E-state index in [0.29, 0.717) is 0 Å². The number of hydrogen-bond acceptors (Lipinski definition) is 3. The number of thioether (sulfide) groups is 1. The SMILES string of the molecule is COc1ccc(CSC2=Cc3cncn3C2)cc1. The predicted molar refractivity (Wildman–Crippen MR) is 74.5 cm³/mol. The van der Waals surface area contributed by atoms with Gasteiger partial charge in [-0.15, -0.1) is 11.8 Å². The maximum Gasteiger partial charge on any atom is 0.118 e. The van der Waals surface area contributed by atoms with Gasteiger partial charge in [0.15, 0.2) is 0 Å². The van der Waals surface area contributed by atoms with Crippen LogP contribution in [0.1, 0.15) is 11.3 Å². The van der Waals surface area contributed by atoms with Crippen LogP contribution in [0.2, 0.25) is 0 Å². The monoisotopic (exact) mass is 258 g/mol. The molecule has 4 heteroatoms. The third kappa shape index (κ3) is 2.29. The highest BCUT2D eigenvalue weighted by atomic mass is 32.2. The lowest BCUT2D eigenvalue weighted by atomic mass is 10.2. The van der Waals surface area contributed by atoms with E-state index in [2.05, 4.69) is 27.8 Å². The Morgan fingerprint density at radius 2 is 2.17 bits per heavy atom. The number of nitrogens with zero attached hydrogens (tertiary/aromatic N) is 2. The lowest BCUT2D eigenvalue weighted by Crippen LogP contribution is -1.92. The topological polar surface area (TPSA) is 27.1 Å². The third-order valence-corrected chi connectivity index (χ3v) is 4.06. The molecule has 0 atom stereocenters. The summed E-state index contributed by atoms with van der Waals surface area (Å²) in [5.41, 5.74) is 2.52. The zero-order valence-corrected chi connectivity index (χ0v) is 11.0. The summed E-state index contributed by atoms with van der Waals surface area (Å²) in [5.74, 6) is 1.90. The molecule has 0 bridgehead atoms. The van der Waals surface area contributed by atoms with E-state index in [1.165, 1.54) is 16.2 Å². The van der Waals surface area contributed by atoms with Gasteiger partial charge in [0, 0.05) is 10.7 Å². The second kappa shape index (κ2) is 4.90. The van der Waals surface area contributed by atoms with Gasteiger partial charge in [-0.3, -0.25) is 0 Å². The van der Waals surface area contributed by atoms with Crippen molar-refractivity contribution in [1.29, 1.82) is 0 Å². The number of fused-ring (bicyclic) bond motifs is 1. The fourth-order valence-electron chi connectivity index (χ4n) is 1.95. The minimum atomic E-state index is 0.908. The van der Waals surface area contributed by atoms with Crippen molar-refractivity contribution in [2.24, 2.45) is 0 Å². The minimum Gasteiger partial charge on any atom is -0.497 e. The van der Waals surface area contributed by atoms with Crippen molar-refractivity contribution in [3.63, 3.8) is 0 Å². The molecule has 1 aliphatic rings. The van der Waals surface area contributed by atoms with Crippen molar-refractivity contribution in [2.45, 2.75) is 12.3 Å². The van der Waals surface area contributed by atoms with Gasteiger partial charge in [-0.1, -0.05) is 12.1 Å². The van der Waals surface area contributed by atoms with Crippen LogP contribution in [0.25, 0.3) is 6.08 Å². The molecule has 0 saturated heterocycles. The highest BCUT2D eigenvalue weighted by Gasteiger charge is 2.11. The van der Waals surface area contributed by atoms with Gasteiger partial charge in [-0.05, 0) is 23.8 Å². The van der Waals surface area contributed by atoms with Crippen LogP contribution < -0.4 is 4.74 Å². The Hall–Kier alpha value is -1.68. The van der Waals surface area contributed by atoms with Crippen LogP contribution in [0.4, 0.5) is 0 Å². The number of hydrogen-bond donors (Lipinski definition) is 0. The lowest BCUT2D eigenvalue weighted by molar-refractivity contribution is 0.414. The van der Waals surface area contributed by atoms with Crippen molar-refractivity contribution < 1.29 is 4.74 Å². The second-order valence-corrected chi connectivity index (χ2v) is 5.30. The molecule has 2 heterocycles. The van der Waals surface area contributed by atoms with E-state index in [1.54, 1.807) is 7.11 Å². The largest absolute Gasteiger partial charge is 0.497 e. The summed E-state index contributed by atoms with van der Waals surface area (Å²) in [7, 11) is 1.69. The number of ether oxygens (including phenoxy) is 1. The smallest absolute Gasteiger partial charge is 0.118 e. The molecule has 1 aliphatic heterocycles. The Labute approximate surface area is 110 Å². The maximum absolute atomic E-state index is 5.15. The summed E-state index contributed by atoms with van der Waals surface area (Å²) in [6.07, 6.45) is 5.99. The zero-order valence-electron chi connectivity index (χ0n) is 10.2. The molecule has 0 amide bonds. The molecule has 3 rings (SSSR count). The molecule has 18 heavy (non-hydrogen) atoms. The molecule has 0 aliphatic carbocycles. The Morgan fingerprint density at radius 1 is 1.33 bits per heavy atom. The molecule has 0 fully saturated rings. The summed E-state index contributed by atoms with van der Waals surface area (Å²) >= 11 is 1.88. The van der Waals surface area contributed by atoms with E-state index < -0.39 is 0 Å². The van der Waals surface area contributed by atoms with Crippen LogP contribution >= 0.6 is 11.8 Å². The number of allylic oxidation sites excluding steroid dienone is 1. The van der Waals surface area contributed by atoms with Crippen LogP contribution in [0.5, 0.6) is 5.75 Å². The van der Waals surface area contributed by atoms with Crippen LogP contribution in [0, 0.1) is 0 Å². The van der Waals surface area contributed by atoms with Crippen molar-refractivity contribution in [3.05, 3.63) is 53.0 Å². The van der Waals surface area contributed by atoms with Gasteiger partial charge in [-0.2, -0.15) is 0 Å². The number of benzene rings is 1. The van der Waals surface area contributed by atoms with Gasteiger partial charge >= 0.3 is 0 Å². The minimum absolute atomic E-state index is 0.908. The van der Waals surface area contributed by atoms with Gasteiger partial charge in [0.2, 0.25) is 0 Å². The first kappa shape index (κ1) is 11.4. The maximum atomic E-state index is 5.15. The normalized spacial score (nSPS) is 13.3. The first-order chi connectivity index (χ1) is 8.85. The predicted octanol–water partition coefficient (Wildman–Crippen LogP) is 3.18. The van der Waals surface area contributed by atoms with Gasteiger partial charge in [0.1, 0.15) is 5.75 Å². The molecule has 1 aromatic carbocycles. The van der Waals surface area contributed by atoms with Crippen molar-refractivity contribution in [3.8, 4) is 5.75 Å². The lowest BCUT2D eigenvalue weighted by Gasteiger charge is -2.04. The summed E-state index contributed by atoms with van der Waals surface area (Å²) in [4.78, 5) is 5.50. The summed E-state index contributed by atoms with van der Waals surface area (Å²) < 4.78 is 7.31. The first-order valence-electron chi connectivity index (χ1n) is 5.81. The van der Waals surface area contributed by atoms with Gasteiger partial charge < -0.3 is 9.30 Å². The molecular weight excluding hydrogens is 244 g/mol. The van der Waals surface area contributed by atoms with E-state index in [-0.39, 0.29) is 0 Å². The molecule has 92 valence electrons. The molecular formula is C14H14N2OS. The first-order valence-corrected chi connectivity index (χ1v) is 6.80. The Morgan fingerprint density at radius 3 is 2.89 bits per heavy atom. The number of imidazole rings is 1. The van der Waals surface area contributed by atoms with E-state index in [0.717, 1.165) is 18.0 Å². The van der Waals surface area contributed by atoms with Crippen LogP contribution in [-0.2, 0) is 12.3 Å². The van der Waals surface area contributed by atoms with E-state index in [1.807, 2.05) is 36.4 Å². The third-order valence-electron chi connectivity index (χ3n) is 2.96. The molecule has 2 aromatic rings. The fraction of sp³-hybridized carbons (Fsp3) is 0.214. The van der Waals surface area contributed by atoms with E-state index in [4.69, 9.17) is 4.74 Å². The fourth-order valence-corrected chi connectivity index (χ4v) is 2.93. The summed E-state index contributed by atoms with van der Waals surface area (Å²) in [5, 5.41) is 0. The van der Waals surface area contributed by atoms with Crippen LogP contribution in [0.3, 0.4) is 0 Å². The van der Waals surface area contributed by atoms with Gasteiger partial charge in [0.25, 0.3) is 0 Å². The zero-order chi connectivity index (χ0) is 12.4. The highest BCUT2D eigenvalue weighted by Crippen LogP contribution is 2.30. The standard InChI is InChI=1S/C14H14N2OS/c1-17-13-4-2-11(3-5-13)9-18-14-6-12-7-15-10-16(12)8-14/h2-7,10H,8-9H2,1H3. The average Bonchev–Trinajstić information content (AvgIpc) is 2.97. The Bertz CT molecular complexity index is 572. The second-order valence-electron chi connectivity index (χ2n) is 4.19. The molecule has 1 aromatic heterocycles. The van der Waals surface area contributed by atoms with Crippen molar-refractivity contribution in [2.75, 3.05) is 7.11 Å². The van der Waals surface area contributed by atoms with Gasteiger partial charge in [-0.25, -0.2) is 4.98 Å². The quantitative estimate of drug-likeness (QED) is 0.842. The van der Waals surface area contributed by atoms with Crippen molar-refractivity contribution >= 4 is 17.8 Å². The van der Waals surface area contributed by atoms with E-state index >= 15 is 0 Å². The molecule has 0 spiro atoms. The number of aromatic nitrogens is 2. The summed E-state index contributed by atoms with van der Waals surface area (Å²) in [6.45, 7) is 0.955. The van der Waals surface area contributed by atoms with Gasteiger partial charge in [0.05, 0.1) is 31.9 Å². The van der Waals surface area contributed by atoms with Crippen LogP contribution in [-0.4, -0.2) is 16.7 Å². The Balaban J connectivity index is 1.60. The van der Waals surface area contributed by atoms with Crippen LogP contribution in [0.15, 0.2) is 41.7 Å². The number of rotatable bonds is 4. The molecule has 0 unspecified atom stereocenters.